The number of nitrogens with one attached hydrogen (secondary N) is 1. The van der Waals surface area contributed by atoms with Crippen molar-refractivity contribution in [3.8, 4) is 0 Å². The van der Waals surface area contributed by atoms with E-state index in [9.17, 15) is 14.7 Å². The van der Waals surface area contributed by atoms with Crippen molar-refractivity contribution in [2.45, 2.75) is 40.0 Å². The van der Waals surface area contributed by atoms with Crippen molar-refractivity contribution >= 4 is 23.6 Å². The van der Waals surface area contributed by atoms with Crippen LogP contribution in [-0.2, 0) is 9.59 Å². The Bertz CT molecular complexity index is 357. The minimum absolute atomic E-state index is 0.0103. The lowest BCUT2D eigenvalue weighted by atomic mass is 9.65. The van der Waals surface area contributed by atoms with Gasteiger partial charge in [-0.2, -0.15) is 11.8 Å². The third-order valence-corrected chi connectivity index (χ3v) is 5.54. The number of amides is 1. The van der Waals surface area contributed by atoms with E-state index in [1.165, 1.54) is 0 Å². The zero-order valence-electron chi connectivity index (χ0n) is 12.3. The third-order valence-electron chi connectivity index (χ3n) is 4.84. The highest BCUT2D eigenvalue weighted by molar-refractivity contribution is 7.98. The maximum Gasteiger partial charge on any atom is 0.309 e. The molecule has 1 aliphatic carbocycles. The van der Waals surface area contributed by atoms with Crippen LogP contribution in [-0.4, -0.2) is 35.5 Å². The zero-order valence-corrected chi connectivity index (χ0v) is 13.1. The van der Waals surface area contributed by atoms with Crippen molar-refractivity contribution < 1.29 is 14.7 Å². The van der Waals surface area contributed by atoms with Gasteiger partial charge in [-0.25, -0.2) is 0 Å². The maximum atomic E-state index is 12.2. The summed E-state index contributed by atoms with van der Waals surface area (Å²) in [6.45, 7) is 6.24. The molecule has 19 heavy (non-hydrogen) atoms. The van der Waals surface area contributed by atoms with Crippen LogP contribution in [0.15, 0.2) is 0 Å². The summed E-state index contributed by atoms with van der Waals surface area (Å²) in [6.07, 6.45) is 4.22. The first-order valence-corrected chi connectivity index (χ1v) is 8.17. The van der Waals surface area contributed by atoms with Gasteiger partial charge in [0.1, 0.15) is 0 Å². The molecule has 4 nitrogen and oxygen atoms in total. The third kappa shape index (κ3) is 3.07. The highest BCUT2D eigenvalue weighted by atomic mass is 32.2. The molecule has 1 amide bonds. The fourth-order valence-electron chi connectivity index (χ4n) is 2.89. The molecule has 1 rings (SSSR count). The number of thioether (sulfide) groups is 1. The van der Waals surface area contributed by atoms with Crippen LogP contribution < -0.4 is 5.32 Å². The summed E-state index contributed by atoms with van der Waals surface area (Å²) in [6, 6.07) is 0. The average Bonchev–Trinajstić information content (AvgIpc) is 2.57. The summed E-state index contributed by atoms with van der Waals surface area (Å²) < 4.78 is 0. The lowest BCUT2D eigenvalue weighted by Gasteiger charge is -2.37. The number of rotatable bonds is 6. The van der Waals surface area contributed by atoms with Gasteiger partial charge in [-0.1, -0.05) is 13.8 Å². The molecule has 0 heterocycles. The first-order valence-electron chi connectivity index (χ1n) is 6.77. The van der Waals surface area contributed by atoms with Gasteiger partial charge in [0.15, 0.2) is 0 Å². The smallest absolute Gasteiger partial charge is 0.309 e. The molecule has 1 fully saturated rings. The molecule has 5 heteroatoms. The number of hydrogen-bond donors (Lipinski definition) is 2. The molecule has 0 saturated heterocycles. The summed E-state index contributed by atoms with van der Waals surface area (Å²) in [5, 5.41) is 12.4. The number of hydrogen-bond acceptors (Lipinski definition) is 3. The Morgan fingerprint density at radius 2 is 2.00 bits per heavy atom. The second-order valence-electron chi connectivity index (χ2n) is 6.09. The molecule has 1 aliphatic rings. The minimum atomic E-state index is -0.811. The highest BCUT2D eigenvalue weighted by Crippen LogP contribution is 2.56. The molecule has 2 atom stereocenters. The number of carbonyl (C=O) groups excluding carboxylic acids is 1. The first-order chi connectivity index (χ1) is 8.77. The van der Waals surface area contributed by atoms with E-state index in [2.05, 4.69) is 5.32 Å². The van der Waals surface area contributed by atoms with Gasteiger partial charge in [0.2, 0.25) is 5.91 Å². The maximum absolute atomic E-state index is 12.2. The molecule has 2 N–H and O–H groups in total. The van der Waals surface area contributed by atoms with Crippen molar-refractivity contribution in [2.75, 3.05) is 18.6 Å². The van der Waals surface area contributed by atoms with Gasteiger partial charge in [-0.15, -0.1) is 0 Å². The predicted octanol–water partition coefficient (Wildman–Crippen LogP) is 2.38. The van der Waals surface area contributed by atoms with Gasteiger partial charge in [-0.3, -0.25) is 9.59 Å². The van der Waals surface area contributed by atoms with E-state index in [0.717, 1.165) is 12.2 Å². The van der Waals surface area contributed by atoms with Crippen LogP contribution in [0, 0.1) is 16.7 Å². The normalized spacial score (nSPS) is 29.2. The molecule has 0 aromatic carbocycles. The standard InChI is InChI=1S/C14H25NO3S/c1-13(2)10(6-7-14(13,3)12(17)18)11(16)15-8-5-9-19-4/h10H,5-9H2,1-4H3,(H,15,16)(H,17,18). The Balaban J connectivity index is 2.65. The second-order valence-corrected chi connectivity index (χ2v) is 7.07. The van der Waals surface area contributed by atoms with E-state index in [0.29, 0.717) is 19.4 Å². The largest absolute Gasteiger partial charge is 0.481 e. The molecule has 2 unspecified atom stereocenters. The molecular weight excluding hydrogens is 262 g/mol. The van der Waals surface area contributed by atoms with E-state index in [1.807, 2.05) is 20.1 Å². The minimum Gasteiger partial charge on any atom is -0.481 e. The van der Waals surface area contributed by atoms with Crippen molar-refractivity contribution in [1.82, 2.24) is 5.32 Å². The van der Waals surface area contributed by atoms with Crippen LogP contribution >= 0.6 is 11.8 Å². The Kier molecular flexibility index (Phi) is 5.30. The van der Waals surface area contributed by atoms with Crippen LogP contribution in [0.2, 0.25) is 0 Å². The van der Waals surface area contributed by atoms with Gasteiger partial charge in [0, 0.05) is 12.5 Å². The number of carboxylic acids is 1. The summed E-state index contributed by atoms with van der Waals surface area (Å²) in [4.78, 5) is 23.7. The molecule has 0 aromatic heterocycles. The topological polar surface area (TPSA) is 66.4 Å². The van der Waals surface area contributed by atoms with E-state index >= 15 is 0 Å². The van der Waals surface area contributed by atoms with E-state index in [-0.39, 0.29) is 11.8 Å². The number of carbonyl (C=O) groups is 2. The van der Waals surface area contributed by atoms with Gasteiger partial charge < -0.3 is 10.4 Å². The Morgan fingerprint density at radius 1 is 1.37 bits per heavy atom. The Hall–Kier alpha value is -0.710. The fourth-order valence-corrected chi connectivity index (χ4v) is 3.33. The molecule has 0 aromatic rings. The van der Waals surface area contributed by atoms with E-state index in [1.54, 1.807) is 18.7 Å². The average molecular weight is 287 g/mol. The van der Waals surface area contributed by atoms with Crippen LogP contribution in [0.5, 0.6) is 0 Å². The van der Waals surface area contributed by atoms with Crippen molar-refractivity contribution in [1.29, 1.82) is 0 Å². The summed E-state index contributed by atoms with van der Waals surface area (Å²) in [5.74, 6) is 0.0374. The van der Waals surface area contributed by atoms with E-state index < -0.39 is 16.8 Å². The second kappa shape index (κ2) is 6.16. The molecule has 0 radical (unpaired) electrons. The van der Waals surface area contributed by atoms with Gasteiger partial charge in [-0.05, 0) is 43.6 Å². The van der Waals surface area contributed by atoms with E-state index in [4.69, 9.17) is 0 Å². The monoisotopic (exact) mass is 287 g/mol. The van der Waals surface area contributed by atoms with Gasteiger partial charge in [0.25, 0.3) is 0 Å². The summed E-state index contributed by atoms with van der Waals surface area (Å²) in [7, 11) is 0. The molecule has 1 saturated carbocycles. The van der Waals surface area contributed by atoms with Gasteiger partial charge >= 0.3 is 5.97 Å². The lowest BCUT2D eigenvalue weighted by molar-refractivity contribution is -0.155. The highest BCUT2D eigenvalue weighted by Gasteiger charge is 2.58. The quantitative estimate of drug-likeness (QED) is 0.736. The molecule has 0 aliphatic heterocycles. The Labute approximate surface area is 119 Å². The van der Waals surface area contributed by atoms with Crippen LogP contribution in [0.1, 0.15) is 40.0 Å². The molecule has 0 spiro atoms. The zero-order chi connectivity index (χ0) is 14.7. The van der Waals surface area contributed by atoms with Gasteiger partial charge in [0.05, 0.1) is 5.41 Å². The number of carboxylic acid groups (broad SMARTS) is 1. The first kappa shape index (κ1) is 16.3. The predicted molar refractivity (Wildman–Crippen MR) is 78.3 cm³/mol. The fraction of sp³-hybridized carbons (Fsp3) is 0.857. The molecule has 0 bridgehead atoms. The SMILES string of the molecule is CSCCCNC(=O)C1CCC(C)(C(=O)O)C1(C)C. The van der Waals surface area contributed by atoms with Crippen molar-refractivity contribution in [3.63, 3.8) is 0 Å². The van der Waals surface area contributed by atoms with Crippen molar-refractivity contribution in [3.05, 3.63) is 0 Å². The summed E-state index contributed by atoms with van der Waals surface area (Å²) in [5.41, 5.74) is -1.32. The summed E-state index contributed by atoms with van der Waals surface area (Å²) >= 11 is 1.76. The Morgan fingerprint density at radius 3 is 2.47 bits per heavy atom. The molecule has 110 valence electrons. The van der Waals surface area contributed by atoms with Crippen LogP contribution in [0.25, 0.3) is 0 Å². The lowest BCUT2D eigenvalue weighted by Crippen LogP contribution is -2.45. The van der Waals surface area contributed by atoms with Crippen LogP contribution in [0.4, 0.5) is 0 Å². The van der Waals surface area contributed by atoms with Crippen molar-refractivity contribution in [2.24, 2.45) is 16.7 Å². The molecular formula is C14H25NO3S. The van der Waals surface area contributed by atoms with Crippen LogP contribution in [0.3, 0.4) is 0 Å². The number of aliphatic carboxylic acids is 1.